The Bertz CT molecular complexity index is 157. The number of ether oxygens (including phenoxy) is 1. The third-order valence-electron chi connectivity index (χ3n) is 2.19. The van der Waals surface area contributed by atoms with E-state index in [4.69, 9.17) is 4.74 Å². The first-order valence-corrected chi connectivity index (χ1v) is 5.95. The van der Waals surface area contributed by atoms with Gasteiger partial charge in [0.25, 0.3) is 0 Å². The summed E-state index contributed by atoms with van der Waals surface area (Å²) in [6, 6.07) is 0.482. The lowest BCUT2D eigenvalue weighted by Gasteiger charge is -2.13. The fraction of sp³-hybridized carbons (Fsp3) is 1.00. The molecule has 1 aliphatic rings. The van der Waals surface area contributed by atoms with E-state index in [2.05, 4.69) is 5.32 Å². The van der Waals surface area contributed by atoms with Crippen molar-refractivity contribution < 1.29 is 8.95 Å². The summed E-state index contributed by atoms with van der Waals surface area (Å²) in [4.78, 5) is 0. The Morgan fingerprint density at radius 2 is 2.50 bits per heavy atom. The maximum Gasteiger partial charge on any atom is 0.0620 e. The largest absolute Gasteiger partial charge is 0.380 e. The van der Waals surface area contributed by atoms with Crippen LogP contribution in [0.2, 0.25) is 0 Å². The van der Waals surface area contributed by atoms with Crippen molar-refractivity contribution in [2.24, 2.45) is 0 Å². The van der Waals surface area contributed by atoms with Crippen molar-refractivity contribution in [1.29, 1.82) is 0 Å². The second-order valence-corrected chi connectivity index (χ2v) is 5.08. The molecule has 1 saturated heterocycles. The van der Waals surface area contributed by atoms with Gasteiger partial charge in [-0.15, -0.1) is 0 Å². The molecule has 0 bridgehead atoms. The van der Waals surface area contributed by atoms with Crippen LogP contribution in [-0.4, -0.2) is 41.5 Å². The summed E-state index contributed by atoms with van der Waals surface area (Å²) in [7, 11) is -0.714. The third-order valence-corrected chi connectivity index (χ3v) is 3.49. The van der Waals surface area contributed by atoms with Crippen molar-refractivity contribution in [3.63, 3.8) is 0 Å². The number of hydrogen-bond acceptors (Lipinski definition) is 3. The van der Waals surface area contributed by atoms with Crippen molar-refractivity contribution in [2.45, 2.75) is 24.6 Å². The summed E-state index contributed by atoms with van der Waals surface area (Å²) in [5, 5.41) is 3.59. The molecule has 72 valence electrons. The Morgan fingerprint density at radius 1 is 1.75 bits per heavy atom. The highest BCUT2D eigenvalue weighted by Gasteiger charge is 2.16. The lowest BCUT2D eigenvalue weighted by molar-refractivity contribution is 0.190. The Balaban J connectivity index is 2.11. The van der Waals surface area contributed by atoms with Gasteiger partial charge in [-0.3, -0.25) is 4.21 Å². The van der Waals surface area contributed by atoms with Gasteiger partial charge >= 0.3 is 0 Å². The molecule has 1 aliphatic heterocycles. The van der Waals surface area contributed by atoms with Crippen LogP contribution >= 0.6 is 0 Å². The predicted octanol–water partition coefficient (Wildman–Crippen LogP) is 0.132. The molecule has 0 aromatic rings. The molecule has 4 heteroatoms. The quantitative estimate of drug-likeness (QED) is 0.686. The first kappa shape index (κ1) is 10.2. The van der Waals surface area contributed by atoms with Gasteiger partial charge in [-0.1, -0.05) is 0 Å². The minimum atomic E-state index is -0.714. The number of nitrogens with one attached hydrogen (secondary N) is 1. The molecule has 3 nitrogen and oxygen atoms in total. The predicted molar refractivity (Wildman–Crippen MR) is 50.8 cm³/mol. The SMILES string of the molecule is CC(CNC1CCOC1)S(C)=O. The van der Waals surface area contributed by atoms with Crippen LogP contribution in [0.25, 0.3) is 0 Å². The molecule has 0 saturated carbocycles. The molecule has 0 spiro atoms. The average Bonchev–Trinajstić information content (AvgIpc) is 2.51. The van der Waals surface area contributed by atoms with Crippen LogP contribution < -0.4 is 5.32 Å². The van der Waals surface area contributed by atoms with E-state index in [9.17, 15) is 4.21 Å². The van der Waals surface area contributed by atoms with Crippen LogP contribution in [0.4, 0.5) is 0 Å². The molecule has 1 N–H and O–H groups in total. The molecule has 1 heterocycles. The molecule has 1 rings (SSSR count). The maximum atomic E-state index is 11.0. The van der Waals surface area contributed by atoms with Crippen molar-refractivity contribution in [3.05, 3.63) is 0 Å². The van der Waals surface area contributed by atoms with Crippen LogP contribution in [0.15, 0.2) is 0 Å². The van der Waals surface area contributed by atoms with E-state index in [1.807, 2.05) is 6.92 Å². The van der Waals surface area contributed by atoms with E-state index < -0.39 is 10.8 Å². The molecule has 0 aliphatic carbocycles. The molecule has 12 heavy (non-hydrogen) atoms. The van der Waals surface area contributed by atoms with Crippen LogP contribution in [-0.2, 0) is 15.5 Å². The smallest absolute Gasteiger partial charge is 0.0620 e. The van der Waals surface area contributed by atoms with E-state index in [-0.39, 0.29) is 5.25 Å². The minimum Gasteiger partial charge on any atom is -0.380 e. The molecule has 1 fully saturated rings. The van der Waals surface area contributed by atoms with Crippen molar-refractivity contribution in [3.8, 4) is 0 Å². The second kappa shape index (κ2) is 4.94. The topological polar surface area (TPSA) is 38.3 Å². The van der Waals surface area contributed by atoms with Crippen LogP contribution in [0.5, 0.6) is 0 Å². The Morgan fingerprint density at radius 3 is 3.00 bits per heavy atom. The summed E-state index contributed by atoms with van der Waals surface area (Å²) in [5.41, 5.74) is 0. The molecule has 0 amide bonds. The van der Waals surface area contributed by atoms with Gasteiger partial charge in [0.15, 0.2) is 0 Å². The Labute approximate surface area is 76.3 Å². The Kier molecular flexibility index (Phi) is 4.18. The van der Waals surface area contributed by atoms with Gasteiger partial charge in [-0.05, 0) is 13.3 Å². The summed E-state index contributed by atoms with van der Waals surface area (Å²) >= 11 is 0. The molecule has 3 atom stereocenters. The van der Waals surface area contributed by atoms with Crippen LogP contribution in [0, 0.1) is 0 Å². The lowest BCUT2D eigenvalue weighted by atomic mass is 10.2. The number of hydrogen-bond donors (Lipinski definition) is 1. The molecule has 0 radical (unpaired) electrons. The highest BCUT2D eigenvalue weighted by atomic mass is 32.2. The summed E-state index contributed by atoms with van der Waals surface area (Å²) in [5.74, 6) is 0. The van der Waals surface area contributed by atoms with Crippen molar-refractivity contribution in [1.82, 2.24) is 5.32 Å². The average molecular weight is 191 g/mol. The number of rotatable bonds is 4. The molecular formula is C8H17NO2S. The zero-order valence-corrected chi connectivity index (χ0v) is 8.52. The van der Waals surface area contributed by atoms with Gasteiger partial charge in [0.05, 0.1) is 6.61 Å². The monoisotopic (exact) mass is 191 g/mol. The van der Waals surface area contributed by atoms with Gasteiger partial charge in [0.1, 0.15) is 0 Å². The van der Waals surface area contributed by atoms with E-state index in [1.165, 1.54) is 0 Å². The molecule has 3 unspecified atom stereocenters. The lowest BCUT2D eigenvalue weighted by Crippen LogP contribution is -2.36. The van der Waals surface area contributed by atoms with Crippen molar-refractivity contribution in [2.75, 3.05) is 26.0 Å². The van der Waals surface area contributed by atoms with Gasteiger partial charge in [-0.2, -0.15) is 0 Å². The second-order valence-electron chi connectivity index (χ2n) is 3.28. The zero-order valence-electron chi connectivity index (χ0n) is 7.71. The van der Waals surface area contributed by atoms with E-state index >= 15 is 0 Å². The first-order valence-electron chi connectivity index (χ1n) is 4.33. The minimum absolute atomic E-state index is 0.241. The van der Waals surface area contributed by atoms with Gasteiger partial charge in [-0.25, -0.2) is 0 Å². The van der Waals surface area contributed by atoms with E-state index in [0.717, 1.165) is 26.2 Å². The van der Waals surface area contributed by atoms with E-state index in [0.29, 0.717) is 6.04 Å². The van der Waals surface area contributed by atoms with Gasteiger partial charge in [0, 0.05) is 41.5 Å². The van der Waals surface area contributed by atoms with Gasteiger partial charge in [0.2, 0.25) is 0 Å². The summed E-state index contributed by atoms with van der Waals surface area (Å²) in [6.07, 6.45) is 2.83. The Hall–Kier alpha value is 0.0700. The fourth-order valence-electron chi connectivity index (χ4n) is 1.15. The highest BCUT2D eigenvalue weighted by molar-refractivity contribution is 7.84. The molecular weight excluding hydrogens is 174 g/mol. The van der Waals surface area contributed by atoms with E-state index in [1.54, 1.807) is 6.26 Å². The van der Waals surface area contributed by atoms with Crippen molar-refractivity contribution >= 4 is 10.8 Å². The zero-order chi connectivity index (χ0) is 8.97. The first-order chi connectivity index (χ1) is 5.70. The standard InChI is InChI=1S/C8H17NO2S/c1-7(12(2)10)5-9-8-3-4-11-6-8/h7-9H,3-6H2,1-2H3. The third kappa shape index (κ3) is 3.21. The fourth-order valence-corrected chi connectivity index (χ4v) is 1.48. The van der Waals surface area contributed by atoms with Crippen LogP contribution in [0.1, 0.15) is 13.3 Å². The van der Waals surface area contributed by atoms with Gasteiger partial charge < -0.3 is 10.1 Å². The molecule has 0 aromatic carbocycles. The molecule has 0 aromatic heterocycles. The summed E-state index contributed by atoms with van der Waals surface area (Å²) < 4.78 is 16.2. The normalized spacial score (nSPS) is 28.7. The summed E-state index contributed by atoms with van der Waals surface area (Å²) in [6.45, 7) is 4.50. The maximum absolute atomic E-state index is 11.0. The highest BCUT2D eigenvalue weighted by Crippen LogP contribution is 2.03. The van der Waals surface area contributed by atoms with Crippen LogP contribution in [0.3, 0.4) is 0 Å².